The van der Waals surface area contributed by atoms with Gasteiger partial charge in [-0.2, -0.15) is 0 Å². The second-order valence-corrected chi connectivity index (χ2v) is 9.03. The van der Waals surface area contributed by atoms with E-state index in [1.54, 1.807) is 0 Å². The van der Waals surface area contributed by atoms with Crippen LogP contribution in [-0.2, 0) is 11.3 Å². The number of fused-ring (bicyclic) bond motifs is 3. The fourth-order valence-corrected chi connectivity index (χ4v) is 4.61. The fraction of sp³-hybridized carbons (Fsp3) is 0.345. The number of morpholine rings is 1. The summed E-state index contributed by atoms with van der Waals surface area (Å²) >= 11 is 0. The molecular weight excluding hydrogens is 406 g/mol. The summed E-state index contributed by atoms with van der Waals surface area (Å²) in [5, 5.41) is 2.42. The molecular formula is C29H33N3O. The number of hydrogen-bond donors (Lipinski definition) is 1. The Morgan fingerprint density at radius 3 is 2.61 bits per heavy atom. The van der Waals surface area contributed by atoms with Gasteiger partial charge in [-0.15, -0.1) is 0 Å². The van der Waals surface area contributed by atoms with E-state index >= 15 is 0 Å². The van der Waals surface area contributed by atoms with Gasteiger partial charge in [0, 0.05) is 42.1 Å². The van der Waals surface area contributed by atoms with Crippen molar-refractivity contribution in [1.82, 2.24) is 14.9 Å². The van der Waals surface area contributed by atoms with Crippen molar-refractivity contribution in [2.45, 2.75) is 39.2 Å². The summed E-state index contributed by atoms with van der Waals surface area (Å²) in [6.07, 6.45) is 11.4. The molecule has 4 aromatic rings. The molecule has 3 heterocycles. The Morgan fingerprint density at radius 1 is 0.970 bits per heavy atom. The zero-order valence-electron chi connectivity index (χ0n) is 19.5. The molecule has 0 bridgehead atoms. The summed E-state index contributed by atoms with van der Waals surface area (Å²) in [7, 11) is 0. The van der Waals surface area contributed by atoms with Crippen molar-refractivity contribution in [2.24, 2.45) is 0 Å². The highest BCUT2D eigenvalue weighted by Crippen LogP contribution is 2.30. The van der Waals surface area contributed by atoms with E-state index in [1.165, 1.54) is 46.7 Å². The molecule has 0 unspecified atom stereocenters. The molecule has 4 heteroatoms. The Hall–Kier alpha value is -2.95. The minimum absolute atomic E-state index is 0.841. The summed E-state index contributed by atoms with van der Waals surface area (Å²) in [6, 6.07) is 17.9. The predicted octanol–water partition coefficient (Wildman–Crippen LogP) is 6.81. The minimum atomic E-state index is 0.841. The van der Waals surface area contributed by atoms with Gasteiger partial charge in [0.05, 0.1) is 13.2 Å². The minimum Gasteiger partial charge on any atom is -0.379 e. The molecule has 0 radical (unpaired) electrons. The monoisotopic (exact) mass is 439 g/mol. The summed E-state index contributed by atoms with van der Waals surface area (Å²) in [5.41, 5.74) is 7.09. The third-order valence-electron chi connectivity index (χ3n) is 6.55. The van der Waals surface area contributed by atoms with Gasteiger partial charge in [-0.05, 0) is 53.3 Å². The average molecular weight is 440 g/mol. The Morgan fingerprint density at radius 2 is 1.79 bits per heavy atom. The van der Waals surface area contributed by atoms with Crippen molar-refractivity contribution in [3.63, 3.8) is 0 Å². The standard InChI is InChI=1S/C29H33N3O/c1-2-3-4-5-6-7-23-18-27-26-19-25(12-13-28(26)31-29(27)30-20-23)24-10-8-22(9-11-24)21-32-14-16-33-17-15-32/h6-13,18-20H,2-5,14-17,21H2,1H3,(H,30,31). The maximum Gasteiger partial charge on any atom is 0.138 e. The van der Waals surface area contributed by atoms with E-state index < -0.39 is 0 Å². The molecule has 0 spiro atoms. The molecule has 2 aromatic carbocycles. The number of hydrogen-bond acceptors (Lipinski definition) is 3. The molecule has 5 rings (SSSR count). The van der Waals surface area contributed by atoms with Crippen molar-refractivity contribution in [3.8, 4) is 11.1 Å². The van der Waals surface area contributed by atoms with E-state index in [9.17, 15) is 0 Å². The fourth-order valence-electron chi connectivity index (χ4n) is 4.61. The Kier molecular flexibility index (Phi) is 6.84. The van der Waals surface area contributed by atoms with Crippen LogP contribution in [0.15, 0.2) is 60.8 Å². The molecule has 0 aliphatic carbocycles. The van der Waals surface area contributed by atoms with Crippen molar-refractivity contribution < 1.29 is 4.74 Å². The zero-order chi connectivity index (χ0) is 22.5. The Balaban J connectivity index is 1.37. The molecule has 0 saturated carbocycles. The first-order valence-corrected chi connectivity index (χ1v) is 12.3. The van der Waals surface area contributed by atoms with Crippen molar-refractivity contribution in [1.29, 1.82) is 0 Å². The molecule has 1 fully saturated rings. The number of aromatic nitrogens is 2. The van der Waals surface area contributed by atoms with Gasteiger partial charge in [0.1, 0.15) is 5.65 Å². The van der Waals surface area contributed by atoms with E-state index in [-0.39, 0.29) is 0 Å². The molecule has 0 atom stereocenters. The number of benzene rings is 2. The van der Waals surface area contributed by atoms with Crippen LogP contribution in [0.4, 0.5) is 0 Å². The lowest BCUT2D eigenvalue weighted by Crippen LogP contribution is -2.35. The van der Waals surface area contributed by atoms with Gasteiger partial charge in [-0.1, -0.05) is 62.2 Å². The number of nitrogens with one attached hydrogen (secondary N) is 1. The maximum atomic E-state index is 5.46. The van der Waals surface area contributed by atoms with E-state index in [2.05, 4.69) is 82.5 Å². The van der Waals surface area contributed by atoms with Gasteiger partial charge in [0.25, 0.3) is 0 Å². The average Bonchev–Trinajstić information content (AvgIpc) is 3.22. The molecule has 1 aliphatic heterocycles. The molecule has 4 nitrogen and oxygen atoms in total. The van der Waals surface area contributed by atoms with Crippen LogP contribution >= 0.6 is 0 Å². The molecule has 33 heavy (non-hydrogen) atoms. The molecule has 1 N–H and O–H groups in total. The summed E-state index contributed by atoms with van der Waals surface area (Å²) in [6.45, 7) is 6.95. The van der Waals surface area contributed by atoms with Crippen molar-refractivity contribution in [2.75, 3.05) is 26.3 Å². The highest BCUT2D eigenvalue weighted by Gasteiger charge is 2.11. The SMILES string of the molecule is CCCCCC=Cc1cnc2[nH]c3ccc(-c4ccc(CN5CCOCC5)cc4)cc3c2c1. The van der Waals surface area contributed by atoms with Crippen LogP contribution < -0.4 is 0 Å². The lowest BCUT2D eigenvalue weighted by molar-refractivity contribution is 0.0342. The molecule has 1 aliphatic rings. The zero-order valence-corrected chi connectivity index (χ0v) is 19.5. The lowest BCUT2D eigenvalue weighted by Gasteiger charge is -2.26. The quantitative estimate of drug-likeness (QED) is 0.307. The molecule has 1 saturated heterocycles. The summed E-state index contributed by atoms with van der Waals surface area (Å²) in [4.78, 5) is 10.6. The van der Waals surface area contributed by atoms with E-state index in [0.717, 1.165) is 56.0 Å². The van der Waals surface area contributed by atoms with Gasteiger partial charge in [0.15, 0.2) is 0 Å². The van der Waals surface area contributed by atoms with Crippen LogP contribution in [0.2, 0.25) is 0 Å². The smallest absolute Gasteiger partial charge is 0.138 e. The molecule has 170 valence electrons. The third kappa shape index (κ3) is 5.18. The Bertz CT molecular complexity index is 1230. The first-order chi connectivity index (χ1) is 16.3. The van der Waals surface area contributed by atoms with Crippen LogP contribution in [0, 0.1) is 0 Å². The largest absolute Gasteiger partial charge is 0.379 e. The van der Waals surface area contributed by atoms with Crippen molar-refractivity contribution in [3.05, 3.63) is 71.9 Å². The first kappa shape index (κ1) is 21.9. The topological polar surface area (TPSA) is 41.2 Å². The van der Waals surface area contributed by atoms with Crippen LogP contribution in [0.5, 0.6) is 0 Å². The van der Waals surface area contributed by atoms with Gasteiger partial charge in [-0.3, -0.25) is 4.90 Å². The van der Waals surface area contributed by atoms with Gasteiger partial charge < -0.3 is 9.72 Å². The van der Waals surface area contributed by atoms with Crippen LogP contribution in [0.1, 0.15) is 43.7 Å². The third-order valence-corrected chi connectivity index (χ3v) is 6.55. The predicted molar refractivity (Wildman–Crippen MR) is 138 cm³/mol. The molecule has 2 aromatic heterocycles. The number of pyridine rings is 1. The van der Waals surface area contributed by atoms with Gasteiger partial charge >= 0.3 is 0 Å². The maximum absolute atomic E-state index is 5.46. The number of aromatic amines is 1. The number of allylic oxidation sites excluding steroid dienone is 1. The van der Waals surface area contributed by atoms with Crippen LogP contribution in [0.3, 0.4) is 0 Å². The van der Waals surface area contributed by atoms with Gasteiger partial charge in [0.2, 0.25) is 0 Å². The second kappa shape index (κ2) is 10.3. The van der Waals surface area contributed by atoms with Crippen LogP contribution in [0.25, 0.3) is 39.1 Å². The normalized spacial score (nSPS) is 15.2. The van der Waals surface area contributed by atoms with Crippen molar-refractivity contribution >= 4 is 28.0 Å². The molecule has 0 amide bonds. The highest BCUT2D eigenvalue weighted by molar-refractivity contribution is 6.07. The first-order valence-electron chi connectivity index (χ1n) is 12.3. The van der Waals surface area contributed by atoms with E-state index in [1.807, 2.05) is 6.20 Å². The number of H-pyrrole nitrogens is 1. The summed E-state index contributed by atoms with van der Waals surface area (Å²) in [5.74, 6) is 0. The van der Waals surface area contributed by atoms with E-state index in [4.69, 9.17) is 4.74 Å². The number of nitrogens with zero attached hydrogens (tertiary/aromatic N) is 2. The highest BCUT2D eigenvalue weighted by atomic mass is 16.5. The number of unbranched alkanes of at least 4 members (excludes halogenated alkanes) is 3. The van der Waals surface area contributed by atoms with Gasteiger partial charge in [-0.25, -0.2) is 4.98 Å². The number of ether oxygens (including phenoxy) is 1. The summed E-state index contributed by atoms with van der Waals surface area (Å²) < 4.78 is 5.46. The van der Waals surface area contributed by atoms with Crippen LogP contribution in [-0.4, -0.2) is 41.2 Å². The lowest BCUT2D eigenvalue weighted by atomic mass is 10.0. The Labute approximate surface area is 196 Å². The van der Waals surface area contributed by atoms with E-state index in [0.29, 0.717) is 0 Å². The number of rotatable bonds is 8. The second-order valence-electron chi connectivity index (χ2n) is 9.03.